The van der Waals surface area contributed by atoms with Gasteiger partial charge in [-0.25, -0.2) is 0 Å². The van der Waals surface area contributed by atoms with Crippen LogP contribution >= 0.6 is 11.8 Å². The van der Waals surface area contributed by atoms with Crippen LogP contribution in [0.4, 0.5) is 0 Å². The number of nitrogens with zero attached hydrogens (tertiary/aromatic N) is 3. The van der Waals surface area contributed by atoms with E-state index in [-0.39, 0.29) is 11.7 Å². The Hall–Kier alpha value is -2.42. The predicted octanol–water partition coefficient (Wildman–Crippen LogP) is 3.89. The van der Waals surface area contributed by atoms with Crippen LogP contribution in [0.3, 0.4) is 0 Å². The number of carbonyl (C=O) groups excluding carboxylic acids is 1. The first kappa shape index (κ1) is 22.3. The Bertz CT molecular complexity index is 839. The first-order valence-corrected chi connectivity index (χ1v) is 11.0. The minimum absolute atomic E-state index is 0.0760. The summed E-state index contributed by atoms with van der Waals surface area (Å²) in [7, 11) is 6.53. The van der Waals surface area contributed by atoms with E-state index in [4.69, 9.17) is 18.6 Å². The molecule has 164 valence electrons. The molecular weight excluding hydrogens is 406 g/mol. The first-order valence-electron chi connectivity index (χ1n) is 9.99. The molecule has 0 spiro atoms. The van der Waals surface area contributed by atoms with E-state index in [1.165, 1.54) is 24.6 Å². The number of amides is 1. The molecule has 0 unspecified atom stereocenters. The van der Waals surface area contributed by atoms with Crippen molar-refractivity contribution in [1.29, 1.82) is 0 Å². The molecule has 0 atom stereocenters. The van der Waals surface area contributed by atoms with Crippen molar-refractivity contribution in [3.63, 3.8) is 0 Å². The van der Waals surface area contributed by atoms with Crippen LogP contribution in [0.5, 0.6) is 17.2 Å². The van der Waals surface area contributed by atoms with Gasteiger partial charge in [-0.05, 0) is 43.7 Å². The number of hydrogen-bond donors (Lipinski definition) is 0. The van der Waals surface area contributed by atoms with E-state index >= 15 is 0 Å². The molecule has 0 aliphatic heterocycles. The molecule has 30 heavy (non-hydrogen) atoms. The lowest BCUT2D eigenvalue weighted by Gasteiger charge is -2.33. The number of benzene rings is 1. The van der Waals surface area contributed by atoms with Crippen molar-refractivity contribution in [3.05, 3.63) is 12.1 Å². The Balaban J connectivity index is 1.65. The highest BCUT2D eigenvalue weighted by molar-refractivity contribution is 7.99. The van der Waals surface area contributed by atoms with Gasteiger partial charge in [-0.2, -0.15) is 0 Å². The summed E-state index contributed by atoms with van der Waals surface area (Å²) in [6.07, 6.45) is 4.49. The summed E-state index contributed by atoms with van der Waals surface area (Å²) in [4.78, 5) is 14.5. The molecule has 1 fully saturated rings. The van der Waals surface area contributed by atoms with E-state index in [2.05, 4.69) is 17.1 Å². The zero-order valence-corrected chi connectivity index (χ0v) is 19.0. The number of ether oxygens (including phenoxy) is 3. The number of rotatable bonds is 8. The molecule has 1 aromatic carbocycles. The van der Waals surface area contributed by atoms with Gasteiger partial charge in [0.05, 0.1) is 27.1 Å². The maximum atomic E-state index is 12.6. The summed E-state index contributed by atoms with van der Waals surface area (Å²) in [5, 5.41) is 8.51. The highest BCUT2D eigenvalue weighted by Crippen LogP contribution is 2.41. The van der Waals surface area contributed by atoms with E-state index in [0.29, 0.717) is 40.0 Å². The zero-order chi connectivity index (χ0) is 21.7. The van der Waals surface area contributed by atoms with Crippen molar-refractivity contribution >= 4 is 17.7 Å². The Kier molecular flexibility index (Phi) is 7.47. The number of aromatic nitrogens is 2. The molecule has 0 bridgehead atoms. The number of thioether (sulfide) groups is 1. The molecule has 2 aromatic rings. The fourth-order valence-corrected chi connectivity index (χ4v) is 4.34. The molecule has 9 heteroatoms. The highest BCUT2D eigenvalue weighted by atomic mass is 32.2. The monoisotopic (exact) mass is 435 g/mol. The lowest BCUT2D eigenvalue weighted by atomic mass is 9.87. The normalized spacial score (nSPS) is 18.7. The van der Waals surface area contributed by atoms with Gasteiger partial charge in [-0.15, -0.1) is 10.2 Å². The number of hydrogen-bond acceptors (Lipinski definition) is 8. The van der Waals surface area contributed by atoms with Crippen molar-refractivity contribution in [2.45, 2.75) is 43.9 Å². The van der Waals surface area contributed by atoms with Gasteiger partial charge < -0.3 is 23.5 Å². The molecule has 1 amide bonds. The Morgan fingerprint density at radius 2 is 1.73 bits per heavy atom. The highest BCUT2D eigenvalue weighted by Gasteiger charge is 2.25. The number of carbonyl (C=O) groups is 1. The van der Waals surface area contributed by atoms with Crippen molar-refractivity contribution < 1.29 is 23.4 Å². The van der Waals surface area contributed by atoms with Gasteiger partial charge in [0.15, 0.2) is 11.5 Å². The average molecular weight is 436 g/mol. The molecule has 1 aliphatic carbocycles. The zero-order valence-electron chi connectivity index (χ0n) is 18.1. The van der Waals surface area contributed by atoms with Crippen molar-refractivity contribution in [2.75, 3.05) is 34.1 Å². The van der Waals surface area contributed by atoms with E-state index in [1.807, 2.05) is 11.9 Å². The molecule has 1 aliphatic rings. The van der Waals surface area contributed by atoms with Crippen LogP contribution in [-0.4, -0.2) is 61.2 Å². The lowest BCUT2D eigenvalue weighted by Crippen LogP contribution is -2.40. The third-order valence-electron chi connectivity index (χ3n) is 5.56. The maximum Gasteiger partial charge on any atom is 0.277 e. The molecule has 0 saturated heterocycles. The van der Waals surface area contributed by atoms with Gasteiger partial charge in [0.2, 0.25) is 17.5 Å². The molecule has 1 aromatic heterocycles. The van der Waals surface area contributed by atoms with Gasteiger partial charge in [0.1, 0.15) is 0 Å². The minimum Gasteiger partial charge on any atom is -0.493 e. The van der Waals surface area contributed by atoms with Gasteiger partial charge in [-0.1, -0.05) is 18.7 Å². The second-order valence-electron chi connectivity index (χ2n) is 7.49. The Labute approximate surface area is 181 Å². The number of methoxy groups -OCH3 is 3. The van der Waals surface area contributed by atoms with E-state index in [1.54, 1.807) is 33.5 Å². The molecule has 1 heterocycles. The van der Waals surface area contributed by atoms with Gasteiger partial charge in [0, 0.05) is 18.7 Å². The second-order valence-corrected chi connectivity index (χ2v) is 8.42. The van der Waals surface area contributed by atoms with Gasteiger partial charge in [-0.3, -0.25) is 4.79 Å². The smallest absolute Gasteiger partial charge is 0.277 e. The standard InChI is InChI=1S/C21H29N3O5S/c1-13-6-8-15(9-7-13)24(2)18(25)12-30-21-23-22-20(29-21)14-10-16(26-3)19(28-5)17(11-14)27-4/h10-11,13,15H,6-9,12H2,1-5H3. The predicted molar refractivity (Wildman–Crippen MR) is 114 cm³/mol. The molecule has 0 radical (unpaired) electrons. The summed E-state index contributed by atoms with van der Waals surface area (Å²) in [6.45, 7) is 2.27. The topological polar surface area (TPSA) is 86.9 Å². The van der Waals surface area contributed by atoms with Crippen molar-refractivity contribution in [2.24, 2.45) is 5.92 Å². The van der Waals surface area contributed by atoms with Crippen LogP contribution in [-0.2, 0) is 4.79 Å². The van der Waals surface area contributed by atoms with E-state index in [0.717, 1.165) is 18.8 Å². The van der Waals surface area contributed by atoms with E-state index < -0.39 is 0 Å². The summed E-state index contributed by atoms with van der Waals surface area (Å²) < 4.78 is 21.8. The van der Waals surface area contributed by atoms with Crippen LogP contribution < -0.4 is 14.2 Å². The SMILES string of the molecule is COc1cc(-c2nnc(SCC(=O)N(C)C3CCC(C)CC3)o2)cc(OC)c1OC. The average Bonchev–Trinajstić information content (AvgIpc) is 3.25. The first-order chi connectivity index (χ1) is 14.5. The third kappa shape index (κ3) is 5.00. The molecule has 8 nitrogen and oxygen atoms in total. The Morgan fingerprint density at radius 1 is 1.10 bits per heavy atom. The van der Waals surface area contributed by atoms with Crippen LogP contribution in [0.25, 0.3) is 11.5 Å². The Morgan fingerprint density at radius 3 is 2.30 bits per heavy atom. The molecule has 0 N–H and O–H groups in total. The second kappa shape index (κ2) is 10.1. The quantitative estimate of drug-likeness (QED) is 0.577. The van der Waals surface area contributed by atoms with Crippen LogP contribution in [0.1, 0.15) is 32.6 Å². The summed E-state index contributed by atoms with van der Waals surface area (Å²) in [6, 6.07) is 3.81. The van der Waals surface area contributed by atoms with Crippen LogP contribution in [0.15, 0.2) is 21.8 Å². The summed E-state index contributed by atoms with van der Waals surface area (Å²) in [5.41, 5.74) is 0.642. The van der Waals surface area contributed by atoms with Crippen LogP contribution in [0.2, 0.25) is 0 Å². The molecule has 1 saturated carbocycles. The fraction of sp³-hybridized carbons (Fsp3) is 0.571. The molecule has 3 rings (SSSR count). The summed E-state index contributed by atoms with van der Waals surface area (Å²) >= 11 is 1.25. The van der Waals surface area contributed by atoms with Gasteiger partial charge >= 0.3 is 0 Å². The molecular formula is C21H29N3O5S. The minimum atomic E-state index is 0.0760. The van der Waals surface area contributed by atoms with Gasteiger partial charge in [0.25, 0.3) is 5.22 Å². The third-order valence-corrected chi connectivity index (χ3v) is 6.37. The van der Waals surface area contributed by atoms with E-state index in [9.17, 15) is 4.79 Å². The fourth-order valence-electron chi connectivity index (χ4n) is 3.65. The lowest BCUT2D eigenvalue weighted by molar-refractivity contribution is -0.129. The van der Waals surface area contributed by atoms with Crippen LogP contribution in [0, 0.1) is 5.92 Å². The summed E-state index contributed by atoms with van der Waals surface area (Å²) in [5.74, 6) is 2.90. The van der Waals surface area contributed by atoms with Crippen molar-refractivity contribution in [1.82, 2.24) is 15.1 Å². The largest absolute Gasteiger partial charge is 0.493 e. The maximum absolute atomic E-state index is 12.6. The van der Waals surface area contributed by atoms with Crippen molar-refractivity contribution in [3.8, 4) is 28.7 Å².